The van der Waals surface area contributed by atoms with Gasteiger partial charge in [-0.05, 0) is 28.7 Å². The van der Waals surface area contributed by atoms with E-state index in [2.05, 4.69) is 34.1 Å². The maximum absolute atomic E-state index is 2.35. The van der Waals surface area contributed by atoms with Crippen LogP contribution in [0.15, 0.2) is 0 Å². The smallest absolute Gasteiger partial charge is 0.0262 e. The molecule has 0 saturated heterocycles. The third-order valence-corrected chi connectivity index (χ3v) is 4.50. The van der Waals surface area contributed by atoms with Crippen LogP contribution in [0.25, 0.3) is 0 Å². The highest BCUT2D eigenvalue weighted by Crippen LogP contribution is 2.41. The minimum absolute atomic E-state index is 0.0502. The summed E-state index contributed by atoms with van der Waals surface area (Å²) < 4.78 is 0. The number of rotatable bonds is 0. The third kappa shape index (κ3) is 3.05. The Morgan fingerprint density at radius 1 is 1.00 bits per heavy atom. The molecule has 0 aromatic rings. The van der Waals surface area contributed by atoms with Crippen molar-refractivity contribution in [3.05, 3.63) is 0 Å². The van der Waals surface area contributed by atoms with Crippen LogP contribution >= 0.6 is 7.92 Å². The summed E-state index contributed by atoms with van der Waals surface area (Å²) in [6.07, 6.45) is 0. The molecule has 0 unspecified atom stereocenters. The number of hydrogen-bond acceptors (Lipinski definition) is 0. The molecule has 0 aliphatic heterocycles. The largest absolute Gasteiger partial charge is 0.0687 e. The van der Waals surface area contributed by atoms with Gasteiger partial charge in [-0.2, -0.15) is 0 Å². The van der Waals surface area contributed by atoms with Gasteiger partial charge in [0.2, 0.25) is 0 Å². The maximum Gasteiger partial charge on any atom is 0.0687 e. The van der Waals surface area contributed by atoms with E-state index in [4.69, 9.17) is 0 Å². The van der Waals surface area contributed by atoms with Crippen LogP contribution in [0.2, 0.25) is 0 Å². The fourth-order valence-electron chi connectivity index (χ4n) is 0. The lowest BCUT2D eigenvalue weighted by molar-refractivity contribution is 0.788. The molecule has 0 nitrogen and oxygen atoms in total. The summed E-state index contributed by atoms with van der Waals surface area (Å²) >= 11 is 0. The summed E-state index contributed by atoms with van der Waals surface area (Å²) in [5.74, 6) is 0. The minimum Gasteiger partial charge on any atom is -0.0262 e. The Morgan fingerprint density at radius 3 is 1.14 bits per heavy atom. The average Bonchev–Trinajstić information content (AvgIpc) is 1.31. The lowest BCUT2D eigenvalue weighted by Crippen LogP contribution is -2.08. The molecule has 0 rings (SSSR count). The molecule has 0 aliphatic carbocycles. The molecule has 0 atom stereocenters. The van der Waals surface area contributed by atoms with Gasteiger partial charge in [-0.3, -0.25) is 0 Å². The van der Waals surface area contributed by atoms with Crippen molar-refractivity contribution in [1.82, 2.24) is 0 Å². The minimum atomic E-state index is -0.0502. The highest BCUT2D eigenvalue weighted by molar-refractivity contribution is 7.57. The van der Waals surface area contributed by atoms with Gasteiger partial charge < -0.3 is 0 Å². The quantitative estimate of drug-likeness (QED) is 0.429. The van der Waals surface area contributed by atoms with Gasteiger partial charge >= 0.3 is 0 Å². The van der Waals surface area contributed by atoms with Crippen LogP contribution < -0.4 is 0 Å². The van der Waals surface area contributed by atoms with Crippen molar-refractivity contribution in [3.63, 3.8) is 0 Å². The standard InChI is InChI=1S/C6H15P/c1-6(2,3)7(4)5/h1-5H3/p+1. The zero-order valence-corrected chi connectivity index (χ0v) is 7.00. The number of hydrogen-bond donors (Lipinski definition) is 0. The maximum atomic E-state index is 2.35. The van der Waals surface area contributed by atoms with Crippen LogP contribution in [-0.4, -0.2) is 18.5 Å². The van der Waals surface area contributed by atoms with Crippen molar-refractivity contribution in [2.45, 2.75) is 25.9 Å². The summed E-state index contributed by atoms with van der Waals surface area (Å²) in [5, 5.41) is 0.602. The molecule has 0 bridgehead atoms. The van der Waals surface area contributed by atoms with Crippen LogP contribution in [0, 0.1) is 0 Å². The van der Waals surface area contributed by atoms with Gasteiger partial charge in [0.25, 0.3) is 0 Å². The van der Waals surface area contributed by atoms with E-state index in [0.29, 0.717) is 5.16 Å². The molecule has 7 heavy (non-hydrogen) atoms. The summed E-state index contributed by atoms with van der Waals surface area (Å²) in [4.78, 5) is 0. The first-order valence-electron chi connectivity index (χ1n) is 2.75. The first kappa shape index (κ1) is 7.43. The summed E-state index contributed by atoms with van der Waals surface area (Å²) in [6, 6.07) is 0. The van der Waals surface area contributed by atoms with Crippen molar-refractivity contribution in [1.29, 1.82) is 0 Å². The summed E-state index contributed by atoms with van der Waals surface area (Å²) in [6.45, 7) is 11.6. The van der Waals surface area contributed by atoms with Gasteiger partial charge in [-0.15, -0.1) is 0 Å². The van der Waals surface area contributed by atoms with Crippen molar-refractivity contribution >= 4 is 7.92 Å². The van der Waals surface area contributed by atoms with Gasteiger partial charge in [0.15, 0.2) is 0 Å². The lowest BCUT2D eigenvalue weighted by atomic mass is 10.3. The lowest BCUT2D eigenvalue weighted by Gasteiger charge is -2.15. The van der Waals surface area contributed by atoms with Crippen LogP contribution in [0.5, 0.6) is 0 Å². The first-order chi connectivity index (χ1) is 2.94. The Hall–Kier alpha value is 0.430. The molecule has 0 amide bonds. The van der Waals surface area contributed by atoms with Crippen molar-refractivity contribution < 1.29 is 0 Å². The van der Waals surface area contributed by atoms with Gasteiger partial charge in [0, 0.05) is 13.3 Å². The molecule has 1 heteroatoms. The Bertz CT molecular complexity index is 49.7. The summed E-state index contributed by atoms with van der Waals surface area (Å²) in [5.41, 5.74) is 0. The van der Waals surface area contributed by atoms with E-state index >= 15 is 0 Å². The topological polar surface area (TPSA) is 0 Å². The monoisotopic (exact) mass is 119 g/mol. The molecule has 0 fully saturated rings. The fourth-order valence-corrected chi connectivity index (χ4v) is 0. The van der Waals surface area contributed by atoms with E-state index < -0.39 is 0 Å². The van der Waals surface area contributed by atoms with Crippen LogP contribution in [0.4, 0.5) is 0 Å². The van der Waals surface area contributed by atoms with E-state index in [1.165, 1.54) is 0 Å². The Labute approximate surface area is 48.1 Å². The zero-order valence-electron chi connectivity index (χ0n) is 6.00. The predicted octanol–water partition coefficient (Wildman–Crippen LogP) is 2.26. The normalized spacial score (nSPS) is 12.9. The Kier molecular flexibility index (Phi) is 2.26. The summed E-state index contributed by atoms with van der Waals surface area (Å²) in [7, 11) is -0.0502. The molecule has 44 valence electrons. The molecular weight excluding hydrogens is 103 g/mol. The molecule has 0 aromatic heterocycles. The Balaban J connectivity index is 3.54. The fraction of sp³-hybridized carbons (Fsp3) is 1.00. The van der Waals surface area contributed by atoms with Crippen molar-refractivity contribution in [3.8, 4) is 0 Å². The molecule has 0 spiro atoms. The van der Waals surface area contributed by atoms with Gasteiger partial charge in [-0.1, -0.05) is 0 Å². The second-order valence-corrected chi connectivity index (χ2v) is 6.75. The second-order valence-electron chi connectivity index (χ2n) is 3.25. The zero-order chi connectivity index (χ0) is 6.08. The predicted molar refractivity (Wildman–Crippen MR) is 39.9 cm³/mol. The van der Waals surface area contributed by atoms with Crippen molar-refractivity contribution in [2.24, 2.45) is 0 Å². The molecule has 0 aliphatic rings. The third-order valence-electron chi connectivity index (χ3n) is 1.50. The molecule has 0 aromatic carbocycles. The molecule has 0 heterocycles. The highest BCUT2D eigenvalue weighted by Gasteiger charge is 2.20. The van der Waals surface area contributed by atoms with E-state index in [0.717, 1.165) is 0 Å². The molecular formula is C6H16P+. The van der Waals surface area contributed by atoms with Crippen LogP contribution in [0.3, 0.4) is 0 Å². The molecule has 0 saturated carbocycles. The van der Waals surface area contributed by atoms with Gasteiger partial charge in [0.05, 0.1) is 5.16 Å². The van der Waals surface area contributed by atoms with Gasteiger partial charge in [0.1, 0.15) is 0 Å². The second kappa shape index (κ2) is 2.13. The highest BCUT2D eigenvalue weighted by atomic mass is 31.1. The van der Waals surface area contributed by atoms with Gasteiger partial charge in [-0.25, -0.2) is 0 Å². The van der Waals surface area contributed by atoms with Crippen LogP contribution in [-0.2, 0) is 0 Å². The van der Waals surface area contributed by atoms with E-state index in [1.807, 2.05) is 0 Å². The van der Waals surface area contributed by atoms with E-state index in [1.54, 1.807) is 0 Å². The van der Waals surface area contributed by atoms with Crippen LogP contribution in [0.1, 0.15) is 20.8 Å². The van der Waals surface area contributed by atoms with E-state index in [-0.39, 0.29) is 7.92 Å². The molecule has 0 radical (unpaired) electrons. The molecule has 0 N–H and O–H groups in total. The first-order valence-corrected chi connectivity index (χ1v) is 5.25. The van der Waals surface area contributed by atoms with E-state index in [9.17, 15) is 0 Å². The average molecular weight is 119 g/mol. The SMILES string of the molecule is C[PH+](C)C(C)(C)C. The van der Waals surface area contributed by atoms with Crippen molar-refractivity contribution in [2.75, 3.05) is 13.3 Å². The Morgan fingerprint density at radius 2 is 1.14 bits per heavy atom.